The first-order valence-electron chi connectivity index (χ1n) is 7.36. The van der Waals surface area contributed by atoms with Crippen molar-refractivity contribution >= 4 is 40.3 Å². The number of thioether (sulfide) groups is 1. The van der Waals surface area contributed by atoms with Crippen LogP contribution in [0.15, 0.2) is 63.5 Å². The van der Waals surface area contributed by atoms with Gasteiger partial charge in [0.2, 0.25) is 0 Å². The Bertz CT molecular complexity index is 735. The van der Waals surface area contributed by atoms with Gasteiger partial charge in [-0.3, -0.25) is 4.79 Å². The maximum Gasteiger partial charge on any atom is 0.252 e. The highest BCUT2D eigenvalue weighted by atomic mass is 32.2. The first kappa shape index (κ1) is 16.3. The zero-order valence-corrected chi connectivity index (χ0v) is 15.0. The van der Waals surface area contributed by atoms with Crippen LogP contribution in [0.1, 0.15) is 20.8 Å². The SMILES string of the molecule is O=C(NCCc1cccs1)c1ccccc1SCc1ccsc1. The first-order chi connectivity index (χ1) is 11.3. The van der Waals surface area contributed by atoms with Gasteiger partial charge in [0, 0.05) is 22.1 Å². The molecule has 2 aromatic heterocycles. The minimum atomic E-state index is 0.00924. The molecule has 0 saturated heterocycles. The number of thiophene rings is 2. The third-order valence-corrected chi connectivity index (χ3v) is 6.16. The second-order valence-corrected chi connectivity index (χ2v) is 7.83. The molecule has 0 unspecified atom stereocenters. The van der Waals surface area contributed by atoms with Gasteiger partial charge in [-0.15, -0.1) is 23.1 Å². The zero-order valence-electron chi connectivity index (χ0n) is 12.5. The Balaban J connectivity index is 1.58. The summed E-state index contributed by atoms with van der Waals surface area (Å²) in [7, 11) is 0. The van der Waals surface area contributed by atoms with Crippen molar-refractivity contribution in [1.29, 1.82) is 0 Å². The van der Waals surface area contributed by atoms with Gasteiger partial charge in [-0.1, -0.05) is 18.2 Å². The van der Waals surface area contributed by atoms with Crippen LogP contribution >= 0.6 is 34.4 Å². The van der Waals surface area contributed by atoms with E-state index in [0.29, 0.717) is 6.54 Å². The summed E-state index contributed by atoms with van der Waals surface area (Å²) in [4.78, 5) is 14.8. The summed E-state index contributed by atoms with van der Waals surface area (Å²) in [6, 6.07) is 14.1. The van der Waals surface area contributed by atoms with Crippen molar-refractivity contribution < 1.29 is 4.79 Å². The quantitative estimate of drug-likeness (QED) is 0.596. The molecule has 118 valence electrons. The second kappa shape index (κ2) is 8.34. The van der Waals surface area contributed by atoms with Gasteiger partial charge in [0.25, 0.3) is 5.91 Å². The number of carbonyl (C=O) groups is 1. The van der Waals surface area contributed by atoms with Crippen LogP contribution in [-0.2, 0) is 12.2 Å². The Morgan fingerprint density at radius 1 is 1.09 bits per heavy atom. The van der Waals surface area contributed by atoms with Crippen molar-refractivity contribution in [2.75, 3.05) is 6.54 Å². The molecule has 0 atom stereocenters. The van der Waals surface area contributed by atoms with E-state index >= 15 is 0 Å². The van der Waals surface area contributed by atoms with Crippen LogP contribution in [0, 0.1) is 0 Å². The summed E-state index contributed by atoms with van der Waals surface area (Å²) >= 11 is 5.14. The van der Waals surface area contributed by atoms with Crippen molar-refractivity contribution in [3.05, 3.63) is 74.6 Å². The van der Waals surface area contributed by atoms with E-state index in [2.05, 4.69) is 33.6 Å². The molecule has 0 aliphatic carbocycles. The summed E-state index contributed by atoms with van der Waals surface area (Å²) in [6.07, 6.45) is 0.883. The normalized spacial score (nSPS) is 10.6. The lowest BCUT2D eigenvalue weighted by Gasteiger charge is -2.09. The molecule has 0 saturated carbocycles. The molecular weight excluding hydrogens is 342 g/mol. The van der Waals surface area contributed by atoms with Crippen molar-refractivity contribution in [3.8, 4) is 0 Å². The molecule has 23 heavy (non-hydrogen) atoms. The summed E-state index contributed by atoms with van der Waals surface area (Å²) in [5.74, 6) is 0.901. The molecule has 2 heterocycles. The van der Waals surface area contributed by atoms with Crippen LogP contribution < -0.4 is 5.32 Å². The Labute approximate surface area is 148 Å². The van der Waals surface area contributed by atoms with E-state index in [-0.39, 0.29) is 5.91 Å². The first-order valence-corrected chi connectivity index (χ1v) is 10.2. The second-order valence-electron chi connectivity index (χ2n) is 5.00. The van der Waals surface area contributed by atoms with Gasteiger partial charge in [0.15, 0.2) is 0 Å². The number of benzene rings is 1. The van der Waals surface area contributed by atoms with Gasteiger partial charge in [0.1, 0.15) is 0 Å². The summed E-state index contributed by atoms with van der Waals surface area (Å²) in [6.45, 7) is 0.670. The lowest BCUT2D eigenvalue weighted by atomic mass is 10.2. The molecule has 2 nitrogen and oxygen atoms in total. The standard InChI is InChI=1S/C18H17NOS3/c20-18(19-9-7-15-4-3-10-22-15)16-5-1-2-6-17(16)23-13-14-8-11-21-12-14/h1-6,8,10-12H,7,9,13H2,(H,19,20). The molecular formula is C18H17NOS3. The molecule has 5 heteroatoms. The lowest BCUT2D eigenvalue weighted by molar-refractivity contribution is 0.0951. The third kappa shape index (κ3) is 4.70. The number of hydrogen-bond donors (Lipinski definition) is 1. The maximum atomic E-state index is 12.4. The van der Waals surface area contributed by atoms with Gasteiger partial charge in [-0.25, -0.2) is 0 Å². The fourth-order valence-corrected chi connectivity index (χ4v) is 4.64. The van der Waals surface area contributed by atoms with Crippen molar-refractivity contribution in [2.24, 2.45) is 0 Å². The van der Waals surface area contributed by atoms with Crippen LogP contribution in [-0.4, -0.2) is 12.5 Å². The van der Waals surface area contributed by atoms with Gasteiger partial charge in [-0.2, -0.15) is 11.3 Å². The van der Waals surface area contributed by atoms with Crippen molar-refractivity contribution in [2.45, 2.75) is 17.1 Å². The van der Waals surface area contributed by atoms with E-state index < -0.39 is 0 Å². The molecule has 1 N–H and O–H groups in total. The van der Waals surface area contributed by atoms with Crippen LogP contribution in [0.2, 0.25) is 0 Å². The number of hydrogen-bond acceptors (Lipinski definition) is 4. The fraction of sp³-hybridized carbons (Fsp3) is 0.167. The molecule has 0 aliphatic heterocycles. The Morgan fingerprint density at radius 3 is 2.78 bits per heavy atom. The van der Waals surface area contributed by atoms with Crippen LogP contribution in [0.25, 0.3) is 0 Å². The highest BCUT2D eigenvalue weighted by Crippen LogP contribution is 2.27. The molecule has 3 rings (SSSR count). The molecule has 1 aromatic carbocycles. The Morgan fingerprint density at radius 2 is 2.00 bits per heavy atom. The van der Waals surface area contributed by atoms with Crippen molar-refractivity contribution in [1.82, 2.24) is 5.32 Å². The van der Waals surface area contributed by atoms with E-state index in [1.165, 1.54) is 10.4 Å². The number of amides is 1. The number of nitrogens with one attached hydrogen (secondary N) is 1. The smallest absolute Gasteiger partial charge is 0.252 e. The van der Waals surface area contributed by atoms with Gasteiger partial charge >= 0.3 is 0 Å². The molecule has 1 amide bonds. The summed E-state index contributed by atoms with van der Waals surface area (Å²) in [5, 5.41) is 9.32. The number of carbonyl (C=O) groups excluding carboxylic acids is 1. The van der Waals surface area contributed by atoms with Crippen LogP contribution in [0.3, 0.4) is 0 Å². The molecule has 0 radical (unpaired) electrons. The highest BCUT2D eigenvalue weighted by molar-refractivity contribution is 7.98. The van der Waals surface area contributed by atoms with E-state index in [4.69, 9.17) is 0 Å². The average molecular weight is 360 g/mol. The topological polar surface area (TPSA) is 29.1 Å². The minimum absolute atomic E-state index is 0.00924. The minimum Gasteiger partial charge on any atom is -0.352 e. The average Bonchev–Trinajstić information content (AvgIpc) is 3.27. The van der Waals surface area contributed by atoms with Crippen LogP contribution in [0.5, 0.6) is 0 Å². The number of rotatable bonds is 7. The van der Waals surface area contributed by atoms with E-state index in [9.17, 15) is 4.79 Å². The molecule has 0 aliphatic rings. The van der Waals surface area contributed by atoms with E-state index in [1.54, 1.807) is 34.4 Å². The van der Waals surface area contributed by atoms with Crippen LogP contribution in [0.4, 0.5) is 0 Å². The van der Waals surface area contributed by atoms with Gasteiger partial charge < -0.3 is 5.32 Å². The Hall–Kier alpha value is -1.56. The van der Waals surface area contributed by atoms with E-state index in [1.807, 2.05) is 30.3 Å². The lowest BCUT2D eigenvalue weighted by Crippen LogP contribution is -2.26. The van der Waals surface area contributed by atoms with Gasteiger partial charge in [-0.05, 0) is 52.4 Å². The molecule has 3 aromatic rings. The third-order valence-electron chi connectivity index (χ3n) is 3.34. The monoisotopic (exact) mass is 359 g/mol. The predicted molar refractivity (Wildman–Crippen MR) is 101 cm³/mol. The largest absolute Gasteiger partial charge is 0.352 e. The Kier molecular flexibility index (Phi) is 5.91. The van der Waals surface area contributed by atoms with Crippen molar-refractivity contribution in [3.63, 3.8) is 0 Å². The summed E-state index contributed by atoms with van der Waals surface area (Å²) < 4.78 is 0. The fourth-order valence-electron chi connectivity index (χ4n) is 2.17. The highest BCUT2D eigenvalue weighted by Gasteiger charge is 2.11. The maximum absolute atomic E-state index is 12.4. The van der Waals surface area contributed by atoms with Gasteiger partial charge in [0.05, 0.1) is 5.56 Å². The van der Waals surface area contributed by atoms with E-state index in [0.717, 1.165) is 22.6 Å². The zero-order chi connectivity index (χ0) is 15.9. The predicted octanol–water partition coefficient (Wildman–Crippen LogP) is 5.07. The molecule has 0 fully saturated rings. The summed E-state index contributed by atoms with van der Waals surface area (Å²) in [5.41, 5.74) is 2.06. The molecule has 0 spiro atoms. The molecule has 0 bridgehead atoms.